The molecule has 2 N–H and O–H groups in total. The number of sulfonamides is 1. The van der Waals surface area contributed by atoms with Crippen molar-refractivity contribution in [3.63, 3.8) is 0 Å². The lowest BCUT2D eigenvalue weighted by Gasteiger charge is -2.31. The van der Waals surface area contributed by atoms with Crippen LogP contribution >= 0.6 is 0 Å². The van der Waals surface area contributed by atoms with Gasteiger partial charge in [0.15, 0.2) is 5.65 Å². The lowest BCUT2D eigenvalue weighted by molar-refractivity contribution is 0.115. The molecule has 0 amide bonds. The molecule has 9 heteroatoms. The number of hydrogen-bond donors (Lipinski definition) is 1. The summed E-state index contributed by atoms with van der Waals surface area (Å²) < 4.78 is 29.7. The van der Waals surface area contributed by atoms with Crippen LogP contribution in [-0.4, -0.2) is 40.6 Å². The fourth-order valence-corrected chi connectivity index (χ4v) is 3.28. The molecule has 0 spiro atoms. The van der Waals surface area contributed by atoms with Crippen LogP contribution in [0, 0.1) is 12.3 Å². The molecule has 0 bridgehead atoms. The predicted octanol–water partition coefficient (Wildman–Crippen LogP) is 1.69. The maximum absolute atomic E-state index is 11.1. The van der Waals surface area contributed by atoms with Crippen LogP contribution in [0.2, 0.25) is 0 Å². The van der Waals surface area contributed by atoms with Gasteiger partial charge in [0.1, 0.15) is 6.33 Å². The van der Waals surface area contributed by atoms with E-state index in [1.807, 2.05) is 13.0 Å². The van der Waals surface area contributed by atoms with Crippen LogP contribution < -0.4 is 9.88 Å². The summed E-state index contributed by atoms with van der Waals surface area (Å²) in [5.74, 6) is 0.516. The van der Waals surface area contributed by atoms with Crippen LogP contribution in [0.15, 0.2) is 12.4 Å². The molecule has 0 fully saturated rings. The SMILES string of the molecule is CCC(CC)(CCCS(N)(=O)=O)COc1nn2ncnc2cc1C. The van der Waals surface area contributed by atoms with Gasteiger partial charge in [-0.15, -0.1) is 14.8 Å². The molecule has 0 radical (unpaired) electrons. The molecule has 0 aliphatic rings. The van der Waals surface area contributed by atoms with Crippen molar-refractivity contribution < 1.29 is 13.2 Å². The minimum atomic E-state index is -3.43. The van der Waals surface area contributed by atoms with E-state index in [1.54, 1.807) is 0 Å². The zero-order chi connectivity index (χ0) is 17.8. The van der Waals surface area contributed by atoms with E-state index in [0.29, 0.717) is 24.6 Å². The Labute approximate surface area is 142 Å². The van der Waals surface area contributed by atoms with Crippen molar-refractivity contribution in [3.05, 3.63) is 18.0 Å². The van der Waals surface area contributed by atoms with E-state index in [-0.39, 0.29) is 11.2 Å². The van der Waals surface area contributed by atoms with Gasteiger partial charge in [-0.2, -0.15) is 0 Å². The zero-order valence-corrected chi connectivity index (χ0v) is 15.2. The van der Waals surface area contributed by atoms with E-state index in [2.05, 4.69) is 29.0 Å². The summed E-state index contributed by atoms with van der Waals surface area (Å²) in [7, 11) is -3.43. The van der Waals surface area contributed by atoms with Gasteiger partial charge >= 0.3 is 0 Å². The van der Waals surface area contributed by atoms with Crippen LogP contribution in [0.4, 0.5) is 0 Å². The summed E-state index contributed by atoms with van der Waals surface area (Å²) in [6.45, 7) is 6.56. The third-order valence-electron chi connectivity index (χ3n) is 4.58. The third kappa shape index (κ3) is 4.64. The van der Waals surface area contributed by atoms with Crippen molar-refractivity contribution in [2.45, 2.75) is 46.5 Å². The Kier molecular flexibility index (Phi) is 5.76. The Morgan fingerprint density at radius 2 is 2.04 bits per heavy atom. The van der Waals surface area contributed by atoms with Crippen LogP contribution in [0.5, 0.6) is 5.88 Å². The molecule has 2 aromatic rings. The molecule has 0 aromatic carbocycles. The monoisotopic (exact) mass is 355 g/mol. The topological polar surface area (TPSA) is 112 Å². The second-order valence-electron chi connectivity index (χ2n) is 6.21. The lowest BCUT2D eigenvalue weighted by Crippen LogP contribution is -2.29. The van der Waals surface area contributed by atoms with Crippen LogP contribution in [0.25, 0.3) is 5.65 Å². The summed E-state index contributed by atoms with van der Waals surface area (Å²) in [5, 5.41) is 13.4. The highest BCUT2D eigenvalue weighted by molar-refractivity contribution is 7.89. The number of rotatable bonds is 9. The Bertz CT molecular complexity index is 784. The molecular weight excluding hydrogens is 330 g/mol. The van der Waals surface area contributed by atoms with Crippen molar-refractivity contribution >= 4 is 15.7 Å². The van der Waals surface area contributed by atoms with Crippen LogP contribution in [-0.2, 0) is 10.0 Å². The molecule has 0 saturated carbocycles. The molecule has 24 heavy (non-hydrogen) atoms. The Morgan fingerprint density at radius 1 is 1.33 bits per heavy atom. The Morgan fingerprint density at radius 3 is 2.67 bits per heavy atom. The first-order valence-electron chi connectivity index (χ1n) is 8.09. The first-order chi connectivity index (χ1) is 11.3. The number of ether oxygens (including phenoxy) is 1. The van der Waals surface area contributed by atoms with Crippen molar-refractivity contribution in [1.29, 1.82) is 0 Å². The fourth-order valence-electron chi connectivity index (χ4n) is 2.73. The third-order valence-corrected chi connectivity index (χ3v) is 5.43. The number of aromatic nitrogens is 4. The van der Waals surface area contributed by atoms with Gasteiger partial charge < -0.3 is 4.74 Å². The van der Waals surface area contributed by atoms with E-state index in [1.165, 1.54) is 11.0 Å². The standard InChI is InChI=1S/C15H25N5O3S/c1-4-15(5-2,7-6-8-24(16,21)22)10-23-14-12(3)9-13-17-11-18-20(13)19-14/h9,11H,4-8,10H2,1-3H3,(H2,16,21,22). The number of nitrogens with zero attached hydrogens (tertiary/aromatic N) is 4. The van der Waals surface area contributed by atoms with Crippen molar-refractivity contribution in [1.82, 2.24) is 19.8 Å². The van der Waals surface area contributed by atoms with Gasteiger partial charge in [-0.05, 0) is 38.7 Å². The quantitative estimate of drug-likeness (QED) is 0.732. The molecule has 2 aromatic heterocycles. The second-order valence-corrected chi connectivity index (χ2v) is 7.94. The highest BCUT2D eigenvalue weighted by Gasteiger charge is 2.28. The van der Waals surface area contributed by atoms with Gasteiger partial charge in [0.05, 0.1) is 12.4 Å². The van der Waals surface area contributed by atoms with Gasteiger partial charge in [0, 0.05) is 11.0 Å². The Balaban J connectivity index is 2.07. The molecule has 0 aliphatic carbocycles. The molecule has 0 unspecified atom stereocenters. The van der Waals surface area contributed by atoms with Gasteiger partial charge in [0.2, 0.25) is 15.9 Å². The van der Waals surface area contributed by atoms with E-state index in [9.17, 15) is 8.42 Å². The average Bonchev–Trinajstić information content (AvgIpc) is 2.96. The average molecular weight is 355 g/mol. The van der Waals surface area contributed by atoms with Crippen molar-refractivity contribution in [3.8, 4) is 5.88 Å². The number of fused-ring (bicyclic) bond motifs is 1. The Hall–Kier alpha value is -1.74. The van der Waals surface area contributed by atoms with Crippen molar-refractivity contribution in [2.75, 3.05) is 12.4 Å². The minimum Gasteiger partial charge on any atom is -0.476 e. The molecule has 2 rings (SSSR count). The summed E-state index contributed by atoms with van der Waals surface area (Å²) in [6, 6.07) is 1.87. The summed E-state index contributed by atoms with van der Waals surface area (Å²) in [6.07, 6.45) is 4.48. The molecular formula is C15H25N5O3S. The van der Waals surface area contributed by atoms with Crippen LogP contribution in [0.1, 0.15) is 45.1 Å². The minimum absolute atomic E-state index is 0.00303. The molecule has 0 aliphatic heterocycles. The van der Waals surface area contributed by atoms with Gasteiger partial charge in [-0.1, -0.05) is 13.8 Å². The largest absolute Gasteiger partial charge is 0.476 e. The molecule has 134 valence electrons. The first-order valence-corrected chi connectivity index (χ1v) is 9.81. The fraction of sp³-hybridized carbons (Fsp3) is 0.667. The molecule has 2 heterocycles. The lowest BCUT2D eigenvalue weighted by atomic mass is 9.79. The highest BCUT2D eigenvalue weighted by Crippen LogP contribution is 2.33. The maximum atomic E-state index is 11.1. The zero-order valence-electron chi connectivity index (χ0n) is 14.4. The number of nitrogens with two attached hydrogens (primary N) is 1. The molecule has 0 saturated heterocycles. The van der Waals surface area contributed by atoms with Gasteiger partial charge in [-0.3, -0.25) is 0 Å². The molecule has 0 atom stereocenters. The van der Waals surface area contributed by atoms with Gasteiger partial charge in [0.25, 0.3) is 0 Å². The highest BCUT2D eigenvalue weighted by atomic mass is 32.2. The van der Waals surface area contributed by atoms with Crippen molar-refractivity contribution in [2.24, 2.45) is 10.6 Å². The van der Waals surface area contributed by atoms with E-state index < -0.39 is 10.0 Å². The summed E-state index contributed by atoms with van der Waals surface area (Å²) in [5.41, 5.74) is 1.46. The van der Waals surface area contributed by atoms with E-state index in [4.69, 9.17) is 9.88 Å². The van der Waals surface area contributed by atoms with E-state index in [0.717, 1.165) is 24.8 Å². The summed E-state index contributed by atoms with van der Waals surface area (Å²) >= 11 is 0. The van der Waals surface area contributed by atoms with Gasteiger partial charge in [-0.25, -0.2) is 18.5 Å². The first kappa shape index (κ1) is 18.6. The van der Waals surface area contributed by atoms with E-state index >= 15 is 0 Å². The number of hydrogen-bond acceptors (Lipinski definition) is 6. The second kappa shape index (κ2) is 7.43. The van der Waals surface area contributed by atoms with Crippen LogP contribution in [0.3, 0.4) is 0 Å². The normalized spacial score (nSPS) is 12.7. The summed E-state index contributed by atoms with van der Waals surface area (Å²) in [4.78, 5) is 4.09. The maximum Gasteiger partial charge on any atom is 0.236 e. The molecule has 8 nitrogen and oxygen atoms in total. The number of primary sulfonamides is 1. The smallest absolute Gasteiger partial charge is 0.236 e. The predicted molar refractivity (Wildman–Crippen MR) is 91.2 cm³/mol. The number of aryl methyl sites for hydroxylation is 1.